The zero-order valence-electron chi connectivity index (χ0n) is 14.6. The first-order chi connectivity index (χ1) is 13.4. The maximum absolute atomic E-state index is 13.0. The Labute approximate surface area is 165 Å². The minimum atomic E-state index is -3.72. The smallest absolute Gasteiger partial charge is 0.263 e. The fourth-order valence-electron chi connectivity index (χ4n) is 3.18. The van der Waals surface area contributed by atoms with Crippen molar-refractivity contribution in [3.05, 3.63) is 76.5 Å². The number of fused-ring (bicyclic) bond motifs is 1. The number of halogens is 1. The summed E-state index contributed by atoms with van der Waals surface area (Å²) in [6.07, 6.45) is 2.67. The number of carbonyl (C=O) groups excluding carboxylic acids is 1. The Morgan fingerprint density at radius 2 is 1.86 bits per heavy atom. The summed E-state index contributed by atoms with van der Waals surface area (Å²) >= 11 is 1.20. The van der Waals surface area contributed by atoms with Crippen LogP contribution in [0.4, 0.5) is 9.52 Å². The minimum absolute atomic E-state index is 0.141. The van der Waals surface area contributed by atoms with E-state index in [0.29, 0.717) is 23.5 Å². The predicted molar refractivity (Wildman–Crippen MR) is 104 cm³/mol. The van der Waals surface area contributed by atoms with E-state index in [-0.39, 0.29) is 16.8 Å². The normalized spacial score (nSPS) is 15.8. The van der Waals surface area contributed by atoms with Gasteiger partial charge in [0.15, 0.2) is 5.13 Å². The van der Waals surface area contributed by atoms with Crippen molar-refractivity contribution in [3.8, 4) is 0 Å². The zero-order valence-corrected chi connectivity index (χ0v) is 16.2. The van der Waals surface area contributed by atoms with Crippen LogP contribution in [-0.4, -0.2) is 25.4 Å². The van der Waals surface area contributed by atoms with Crippen LogP contribution in [0.2, 0.25) is 0 Å². The molecule has 0 fully saturated rings. The number of benzene rings is 2. The van der Waals surface area contributed by atoms with Gasteiger partial charge >= 0.3 is 0 Å². The number of carbonyl (C=O) groups is 1. The molecule has 1 aliphatic carbocycles. The number of thiazole rings is 1. The van der Waals surface area contributed by atoms with Gasteiger partial charge in [0.2, 0.25) is 0 Å². The van der Waals surface area contributed by atoms with Crippen LogP contribution in [-0.2, 0) is 22.9 Å². The summed E-state index contributed by atoms with van der Waals surface area (Å²) in [5.41, 5.74) is 2.26. The van der Waals surface area contributed by atoms with E-state index in [1.54, 1.807) is 23.6 Å². The number of amides is 1. The molecule has 9 heteroatoms. The van der Waals surface area contributed by atoms with Crippen LogP contribution in [0.5, 0.6) is 0 Å². The summed E-state index contributed by atoms with van der Waals surface area (Å²) in [7, 11) is -3.72. The molecule has 1 unspecified atom stereocenters. The third kappa shape index (κ3) is 3.90. The van der Waals surface area contributed by atoms with Crippen molar-refractivity contribution < 1.29 is 17.6 Å². The molecular formula is C19H16FN3O3S2. The van der Waals surface area contributed by atoms with E-state index in [1.165, 1.54) is 41.8 Å². The second-order valence-corrected chi connectivity index (χ2v) is 9.04. The number of hydrogen-bond acceptors (Lipinski definition) is 5. The van der Waals surface area contributed by atoms with Crippen molar-refractivity contribution in [3.63, 3.8) is 0 Å². The van der Waals surface area contributed by atoms with E-state index in [2.05, 4.69) is 15.0 Å². The minimum Gasteiger partial charge on any atom is -0.349 e. The lowest BCUT2D eigenvalue weighted by molar-refractivity contribution is 0.0938. The maximum atomic E-state index is 13.0. The standard InChI is InChI=1S/C19H16FN3O3S2/c20-15-4-1-12(2-5-15)18(24)22-16-9-13-3-6-17(11-14(13)10-16)28(25,26)23-19-21-7-8-27-19/h1-8,11,16H,9-10H2,(H,21,23)(H,22,24). The van der Waals surface area contributed by atoms with Crippen LogP contribution in [0.25, 0.3) is 0 Å². The molecule has 0 aliphatic heterocycles. The molecule has 0 bridgehead atoms. The number of sulfonamides is 1. The van der Waals surface area contributed by atoms with Crippen molar-refractivity contribution in [1.29, 1.82) is 0 Å². The van der Waals surface area contributed by atoms with Crippen LogP contribution in [0.1, 0.15) is 21.5 Å². The molecule has 1 heterocycles. The van der Waals surface area contributed by atoms with Gasteiger partial charge in [0.05, 0.1) is 4.90 Å². The van der Waals surface area contributed by atoms with Crippen molar-refractivity contribution in [2.24, 2.45) is 0 Å². The fraction of sp³-hybridized carbons (Fsp3) is 0.158. The molecule has 6 nitrogen and oxygen atoms in total. The van der Waals surface area contributed by atoms with Crippen molar-refractivity contribution >= 4 is 32.4 Å². The highest BCUT2D eigenvalue weighted by molar-refractivity contribution is 7.93. The molecule has 1 aliphatic rings. The van der Waals surface area contributed by atoms with Crippen LogP contribution in [0.15, 0.2) is 58.9 Å². The Morgan fingerprint density at radius 1 is 1.11 bits per heavy atom. The number of nitrogens with zero attached hydrogens (tertiary/aromatic N) is 1. The van der Waals surface area contributed by atoms with Gasteiger partial charge in [-0.2, -0.15) is 0 Å². The molecule has 0 radical (unpaired) electrons. The van der Waals surface area contributed by atoms with E-state index in [4.69, 9.17) is 0 Å². The molecule has 1 aromatic heterocycles. The second-order valence-electron chi connectivity index (χ2n) is 6.46. The Hall–Kier alpha value is -2.78. The molecule has 4 rings (SSSR count). The Kier molecular flexibility index (Phi) is 4.86. The topological polar surface area (TPSA) is 88.2 Å². The van der Waals surface area contributed by atoms with Crippen molar-refractivity contribution in [1.82, 2.24) is 10.3 Å². The van der Waals surface area contributed by atoms with Crippen LogP contribution < -0.4 is 10.0 Å². The average Bonchev–Trinajstić information content (AvgIpc) is 3.30. The zero-order chi connectivity index (χ0) is 19.7. The van der Waals surface area contributed by atoms with Gasteiger partial charge in [0.1, 0.15) is 5.82 Å². The molecule has 2 aromatic carbocycles. The Bertz CT molecular complexity index is 1110. The van der Waals surface area contributed by atoms with Crippen molar-refractivity contribution in [2.75, 3.05) is 4.72 Å². The van der Waals surface area contributed by atoms with Gasteiger partial charge in [-0.3, -0.25) is 9.52 Å². The molecule has 1 atom stereocenters. The molecule has 144 valence electrons. The highest BCUT2D eigenvalue weighted by atomic mass is 32.2. The predicted octanol–water partition coefficient (Wildman–Crippen LogP) is 2.98. The molecule has 28 heavy (non-hydrogen) atoms. The van der Waals surface area contributed by atoms with Gasteiger partial charge in [-0.25, -0.2) is 17.8 Å². The highest BCUT2D eigenvalue weighted by Gasteiger charge is 2.26. The van der Waals surface area contributed by atoms with Gasteiger partial charge in [0.25, 0.3) is 15.9 Å². The molecule has 1 amide bonds. The molecule has 3 aromatic rings. The number of nitrogens with one attached hydrogen (secondary N) is 2. The summed E-state index contributed by atoms with van der Waals surface area (Å²) in [6, 6.07) is 10.2. The van der Waals surface area contributed by atoms with Gasteiger partial charge in [0, 0.05) is 23.2 Å². The number of hydrogen-bond donors (Lipinski definition) is 2. The largest absolute Gasteiger partial charge is 0.349 e. The van der Waals surface area contributed by atoms with Gasteiger partial charge in [-0.15, -0.1) is 11.3 Å². The summed E-state index contributed by atoms with van der Waals surface area (Å²) in [6.45, 7) is 0. The molecule has 0 saturated carbocycles. The number of anilines is 1. The van der Waals surface area contributed by atoms with Crippen LogP contribution in [0.3, 0.4) is 0 Å². The molecule has 0 spiro atoms. The van der Waals surface area contributed by atoms with Gasteiger partial charge < -0.3 is 5.32 Å². The van der Waals surface area contributed by atoms with Crippen LogP contribution in [0, 0.1) is 5.82 Å². The third-order valence-corrected chi connectivity index (χ3v) is 6.67. The van der Waals surface area contributed by atoms with E-state index < -0.39 is 15.8 Å². The summed E-state index contributed by atoms with van der Waals surface area (Å²) < 4.78 is 40.5. The average molecular weight is 417 g/mol. The van der Waals surface area contributed by atoms with Crippen LogP contribution >= 0.6 is 11.3 Å². The van der Waals surface area contributed by atoms with E-state index >= 15 is 0 Å². The van der Waals surface area contributed by atoms with E-state index in [9.17, 15) is 17.6 Å². The number of rotatable bonds is 5. The Morgan fingerprint density at radius 3 is 2.57 bits per heavy atom. The Balaban J connectivity index is 1.46. The summed E-state index contributed by atoms with van der Waals surface area (Å²) in [5, 5.41) is 4.92. The molecule has 0 saturated heterocycles. The first-order valence-electron chi connectivity index (χ1n) is 8.51. The molecule has 2 N–H and O–H groups in total. The summed E-state index contributed by atoms with van der Waals surface area (Å²) in [5.74, 6) is -0.680. The lowest BCUT2D eigenvalue weighted by atomic mass is 10.1. The third-order valence-electron chi connectivity index (χ3n) is 4.52. The monoisotopic (exact) mass is 417 g/mol. The van der Waals surface area contributed by atoms with Crippen molar-refractivity contribution in [2.45, 2.75) is 23.8 Å². The molecular weight excluding hydrogens is 401 g/mol. The maximum Gasteiger partial charge on any atom is 0.263 e. The second kappa shape index (κ2) is 7.33. The first kappa shape index (κ1) is 18.6. The highest BCUT2D eigenvalue weighted by Crippen LogP contribution is 2.27. The SMILES string of the molecule is O=C(NC1Cc2ccc(S(=O)(=O)Nc3nccs3)cc2C1)c1ccc(F)cc1. The van der Waals surface area contributed by atoms with E-state index in [1.807, 2.05) is 0 Å². The quantitative estimate of drug-likeness (QED) is 0.668. The van der Waals surface area contributed by atoms with E-state index in [0.717, 1.165) is 11.1 Å². The number of aromatic nitrogens is 1. The lowest BCUT2D eigenvalue weighted by Crippen LogP contribution is -2.35. The summed E-state index contributed by atoms with van der Waals surface area (Å²) in [4.78, 5) is 16.4. The van der Waals surface area contributed by atoms with Gasteiger partial charge in [-0.1, -0.05) is 6.07 Å². The first-order valence-corrected chi connectivity index (χ1v) is 10.9. The van der Waals surface area contributed by atoms with Gasteiger partial charge in [-0.05, 0) is 60.4 Å². The fourth-order valence-corrected chi connectivity index (χ4v) is 5.02. The lowest BCUT2D eigenvalue weighted by Gasteiger charge is -2.12.